The lowest BCUT2D eigenvalue weighted by atomic mass is 10.3. The first kappa shape index (κ1) is 13.4. The van der Waals surface area contributed by atoms with Gasteiger partial charge in [-0.25, -0.2) is 4.79 Å². The zero-order chi connectivity index (χ0) is 11.8. The van der Waals surface area contributed by atoms with Crippen LogP contribution in [0, 0.1) is 0 Å². The normalized spacial score (nSPS) is 11.4. The predicted molar refractivity (Wildman–Crippen MR) is 51.7 cm³/mol. The maximum Gasteiger partial charge on any atom is 0.328 e. The second kappa shape index (κ2) is 6.77. The molecule has 7 nitrogen and oxygen atoms in total. The molecule has 0 aromatic heterocycles. The van der Waals surface area contributed by atoms with Gasteiger partial charge in [-0.05, 0) is 6.92 Å². The van der Waals surface area contributed by atoms with E-state index in [0.29, 0.717) is 0 Å². The van der Waals surface area contributed by atoms with E-state index >= 15 is 0 Å². The minimum absolute atomic E-state index is 0.181. The summed E-state index contributed by atoms with van der Waals surface area (Å²) in [4.78, 5) is 32.7. The zero-order valence-corrected chi connectivity index (χ0v) is 8.70. The van der Waals surface area contributed by atoms with E-state index in [9.17, 15) is 14.4 Å². The molecular weight excluding hydrogens is 202 g/mol. The fourth-order valence-corrected chi connectivity index (χ4v) is 0.779. The van der Waals surface area contributed by atoms with Gasteiger partial charge in [-0.15, -0.1) is 0 Å². The van der Waals surface area contributed by atoms with Crippen LogP contribution in [-0.4, -0.2) is 44.0 Å². The third kappa shape index (κ3) is 5.63. The van der Waals surface area contributed by atoms with Crippen LogP contribution in [0.3, 0.4) is 0 Å². The number of amides is 2. The smallest absolute Gasteiger partial charge is 0.328 e. The molecule has 0 aromatic rings. The predicted octanol–water partition coefficient (Wildman–Crippen LogP) is -2.26. The monoisotopic (exact) mass is 217 g/mol. The molecule has 0 rings (SSSR count). The molecule has 0 unspecified atom stereocenters. The Kier molecular flexibility index (Phi) is 6.03. The topological polar surface area (TPSA) is 111 Å². The molecule has 0 saturated carbocycles. The van der Waals surface area contributed by atoms with Crippen LogP contribution in [0.4, 0.5) is 0 Å². The number of hydrogen-bond donors (Lipinski definition) is 3. The van der Waals surface area contributed by atoms with E-state index < -0.39 is 23.8 Å². The summed E-state index contributed by atoms with van der Waals surface area (Å²) in [6.45, 7) is 1.09. The van der Waals surface area contributed by atoms with Gasteiger partial charge in [0.25, 0.3) is 0 Å². The average Bonchev–Trinajstić information content (AvgIpc) is 2.24. The third-order valence-corrected chi connectivity index (χ3v) is 1.56. The quantitative estimate of drug-likeness (QED) is 0.450. The minimum atomic E-state index is -0.739. The number of rotatable bonds is 5. The molecule has 0 saturated heterocycles. The van der Waals surface area contributed by atoms with Crippen molar-refractivity contribution < 1.29 is 19.1 Å². The van der Waals surface area contributed by atoms with Crippen molar-refractivity contribution in [2.75, 3.05) is 20.2 Å². The number of carbonyl (C=O) groups is 3. The molecule has 0 aliphatic rings. The largest absolute Gasteiger partial charge is 0.467 e. The van der Waals surface area contributed by atoms with Crippen molar-refractivity contribution >= 4 is 17.8 Å². The molecule has 0 heterocycles. The van der Waals surface area contributed by atoms with Gasteiger partial charge in [-0.2, -0.15) is 0 Å². The first-order chi connectivity index (χ1) is 7.01. The highest BCUT2D eigenvalue weighted by molar-refractivity contribution is 5.88. The second-order valence-electron chi connectivity index (χ2n) is 2.79. The lowest BCUT2D eigenvalue weighted by Crippen LogP contribution is -2.45. The van der Waals surface area contributed by atoms with Crippen LogP contribution in [0.2, 0.25) is 0 Å². The van der Waals surface area contributed by atoms with E-state index in [1.54, 1.807) is 0 Å². The Morgan fingerprint density at radius 1 is 1.33 bits per heavy atom. The van der Waals surface area contributed by atoms with Gasteiger partial charge < -0.3 is 21.1 Å². The molecule has 1 atom stereocenters. The van der Waals surface area contributed by atoms with Crippen LogP contribution in [0.25, 0.3) is 0 Å². The number of nitrogens with one attached hydrogen (secondary N) is 2. The van der Waals surface area contributed by atoms with Crippen LogP contribution in [0.5, 0.6) is 0 Å². The Bertz CT molecular complexity index is 254. The first-order valence-electron chi connectivity index (χ1n) is 4.35. The van der Waals surface area contributed by atoms with Crippen LogP contribution < -0.4 is 16.4 Å². The maximum atomic E-state index is 11.1. The molecule has 7 heteroatoms. The molecule has 0 aliphatic heterocycles. The molecule has 0 radical (unpaired) electrons. The molecule has 15 heavy (non-hydrogen) atoms. The van der Waals surface area contributed by atoms with Gasteiger partial charge in [0, 0.05) is 0 Å². The number of hydrogen-bond acceptors (Lipinski definition) is 5. The van der Waals surface area contributed by atoms with Crippen molar-refractivity contribution in [3.8, 4) is 0 Å². The summed E-state index contributed by atoms with van der Waals surface area (Å²) in [6.07, 6.45) is 0. The van der Waals surface area contributed by atoms with E-state index in [1.807, 2.05) is 0 Å². The number of esters is 1. The van der Waals surface area contributed by atoms with Gasteiger partial charge >= 0.3 is 5.97 Å². The molecule has 0 aromatic carbocycles. The van der Waals surface area contributed by atoms with Crippen LogP contribution >= 0.6 is 0 Å². The van der Waals surface area contributed by atoms with E-state index in [0.717, 1.165) is 0 Å². The van der Waals surface area contributed by atoms with Crippen molar-refractivity contribution in [1.82, 2.24) is 10.6 Å². The summed E-state index contributed by atoms with van der Waals surface area (Å²) in [5.74, 6) is -1.46. The Balaban J connectivity index is 3.83. The molecule has 2 amide bonds. The summed E-state index contributed by atoms with van der Waals surface area (Å²) < 4.78 is 4.40. The Morgan fingerprint density at radius 2 is 1.93 bits per heavy atom. The van der Waals surface area contributed by atoms with Crippen LogP contribution in [-0.2, 0) is 19.1 Å². The standard InChI is InChI=1S/C8H15N3O4/c1-5(8(14)15-2)11-7(13)4-10-6(12)3-9/h5H,3-4,9H2,1-2H3,(H,10,12)(H,11,13)/t5-/m0/s1. The lowest BCUT2D eigenvalue weighted by Gasteiger charge is -2.11. The second-order valence-corrected chi connectivity index (χ2v) is 2.79. The number of carbonyl (C=O) groups excluding carboxylic acids is 3. The highest BCUT2D eigenvalue weighted by Crippen LogP contribution is 1.84. The van der Waals surface area contributed by atoms with Gasteiger partial charge in [0.2, 0.25) is 11.8 Å². The summed E-state index contributed by atoms with van der Waals surface area (Å²) in [5, 5.41) is 4.61. The SMILES string of the molecule is COC(=O)[C@H](C)NC(=O)CNC(=O)CN. The fourth-order valence-electron chi connectivity index (χ4n) is 0.779. The Hall–Kier alpha value is -1.63. The van der Waals surface area contributed by atoms with E-state index in [2.05, 4.69) is 15.4 Å². The van der Waals surface area contributed by atoms with Gasteiger partial charge in [-0.3, -0.25) is 9.59 Å². The Labute approximate surface area is 87.3 Å². The number of nitrogens with two attached hydrogens (primary N) is 1. The molecule has 0 aliphatic carbocycles. The van der Waals surface area contributed by atoms with Gasteiger partial charge in [0.05, 0.1) is 20.2 Å². The minimum Gasteiger partial charge on any atom is -0.467 e. The highest BCUT2D eigenvalue weighted by atomic mass is 16.5. The average molecular weight is 217 g/mol. The van der Waals surface area contributed by atoms with E-state index in [-0.39, 0.29) is 13.1 Å². The van der Waals surface area contributed by atoms with E-state index in [4.69, 9.17) is 5.73 Å². The zero-order valence-electron chi connectivity index (χ0n) is 8.70. The van der Waals surface area contributed by atoms with Gasteiger partial charge in [0.1, 0.15) is 6.04 Å². The van der Waals surface area contributed by atoms with Crippen molar-refractivity contribution in [1.29, 1.82) is 0 Å². The number of methoxy groups -OCH3 is 1. The Morgan fingerprint density at radius 3 is 2.40 bits per heavy atom. The lowest BCUT2D eigenvalue weighted by molar-refractivity contribution is -0.144. The fraction of sp³-hybridized carbons (Fsp3) is 0.625. The summed E-state index contributed by atoms with van der Waals surface area (Å²) in [7, 11) is 1.22. The summed E-state index contributed by atoms with van der Waals surface area (Å²) >= 11 is 0. The first-order valence-corrected chi connectivity index (χ1v) is 4.35. The maximum absolute atomic E-state index is 11.1. The van der Waals surface area contributed by atoms with Gasteiger partial charge in [0.15, 0.2) is 0 Å². The van der Waals surface area contributed by atoms with Crippen molar-refractivity contribution in [3.05, 3.63) is 0 Å². The molecule has 0 bridgehead atoms. The summed E-state index contributed by atoms with van der Waals surface area (Å²) in [6, 6.07) is -0.739. The third-order valence-electron chi connectivity index (χ3n) is 1.56. The molecule has 86 valence electrons. The molecule has 0 fully saturated rings. The highest BCUT2D eigenvalue weighted by Gasteiger charge is 2.15. The number of ether oxygens (including phenoxy) is 1. The molecule has 4 N–H and O–H groups in total. The van der Waals surface area contributed by atoms with Crippen LogP contribution in [0.1, 0.15) is 6.92 Å². The van der Waals surface area contributed by atoms with Crippen molar-refractivity contribution in [3.63, 3.8) is 0 Å². The van der Waals surface area contributed by atoms with Crippen LogP contribution in [0.15, 0.2) is 0 Å². The van der Waals surface area contributed by atoms with Crippen molar-refractivity contribution in [2.45, 2.75) is 13.0 Å². The molecule has 0 spiro atoms. The van der Waals surface area contributed by atoms with Gasteiger partial charge in [-0.1, -0.05) is 0 Å². The van der Waals surface area contributed by atoms with Crippen molar-refractivity contribution in [2.24, 2.45) is 5.73 Å². The summed E-state index contributed by atoms with van der Waals surface area (Å²) in [5.41, 5.74) is 5.01. The van der Waals surface area contributed by atoms with E-state index in [1.165, 1.54) is 14.0 Å². The molecular formula is C8H15N3O4.